The lowest BCUT2D eigenvalue weighted by Crippen LogP contribution is -2.54. The lowest BCUT2D eigenvalue weighted by atomic mass is 10.1. The number of rotatable bonds is 2. The van der Waals surface area contributed by atoms with Crippen molar-refractivity contribution >= 4 is 29.1 Å². The third kappa shape index (κ3) is 2.80. The van der Waals surface area contributed by atoms with Gasteiger partial charge in [-0.1, -0.05) is 11.6 Å². The number of morpholine rings is 1. The number of benzene rings is 1. The molecule has 19 heavy (non-hydrogen) atoms. The summed E-state index contributed by atoms with van der Waals surface area (Å²) in [4.78, 5) is 25.1. The van der Waals surface area contributed by atoms with Gasteiger partial charge in [-0.3, -0.25) is 9.59 Å². The van der Waals surface area contributed by atoms with Gasteiger partial charge in [-0.05, 0) is 18.2 Å². The molecule has 4 N–H and O–H groups in total. The van der Waals surface area contributed by atoms with Crippen molar-refractivity contribution in [1.82, 2.24) is 4.90 Å². The minimum atomic E-state index is -0.779. The van der Waals surface area contributed by atoms with Crippen molar-refractivity contribution in [3.8, 4) is 0 Å². The van der Waals surface area contributed by atoms with Crippen LogP contribution in [0.5, 0.6) is 0 Å². The maximum Gasteiger partial charge on any atom is 0.256 e. The molecular weight excluding hydrogens is 270 g/mol. The summed E-state index contributed by atoms with van der Waals surface area (Å²) < 4.78 is 5.16. The van der Waals surface area contributed by atoms with E-state index in [1.54, 1.807) is 12.1 Å². The molecule has 0 radical (unpaired) electrons. The number of anilines is 1. The van der Waals surface area contributed by atoms with Crippen molar-refractivity contribution < 1.29 is 14.3 Å². The van der Waals surface area contributed by atoms with Crippen LogP contribution in [-0.2, 0) is 9.53 Å². The molecule has 0 spiro atoms. The molecule has 1 saturated heterocycles. The predicted octanol–water partition coefficient (Wildman–Crippen LogP) is 0.249. The van der Waals surface area contributed by atoms with E-state index in [1.165, 1.54) is 11.0 Å². The lowest BCUT2D eigenvalue weighted by Gasteiger charge is -2.33. The van der Waals surface area contributed by atoms with Gasteiger partial charge >= 0.3 is 0 Å². The second kappa shape index (κ2) is 5.46. The van der Waals surface area contributed by atoms with Crippen molar-refractivity contribution in [3.05, 3.63) is 28.8 Å². The molecule has 6 nitrogen and oxygen atoms in total. The Morgan fingerprint density at radius 1 is 1.42 bits per heavy atom. The standard InChI is InChI=1S/C12H14ClN3O3/c13-9-2-1-7(14)5-8(9)12(18)16-3-4-19-6-10(16)11(15)17/h1-2,5,10H,3-4,6,14H2,(H2,15,17). The molecule has 1 aliphatic rings. The van der Waals surface area contributed by atoms with Gasteiger partial charge in [0.15, 0.2) is 0 Å². The number of hydrogen-bond donors (Lipinski definition) is 2. The Labute approximate surface area is 115 Å². The number of ether oxygens (including phenoxy) is 1. The van der Waals surface area contributed by atoms with Crippen LogP contribution >= 0.6 is 11.6 Å². The summed E-state index contributed by atoms with van der Waals surface area (Å²) in [5.74, 6) is -0.975. The molecule has 1 fully saturated rings. The van der Waals surface area contributed by atoms with E-state index in [2.05, 4.69) is 0 Å². The highest BCUT2D eigenvalue weighted by Crippen LogP contribution is 2.22. The fourth-order valence-corrected chi connectivity index (χ4v) is 2.14. The second-order valence-corrected chi connectivity index (χ2v) is 4.64. The number of hydrogen-bond acceptors (Lipinski definition) is 4. The Morgan fingerprint density at radius 2 is 2.16 bits per heavy atom. The first kappa shape index (κ1) is 13.6. The Kier molecular flexibility index (Phi) is 3.92. The van der Waals surface area contributed by atoms with E-state index >= 15 is 0 Å². The summed E-state index contributed by atoms with van der Waals surface area (Å²) in [5, 5.41) is 0.286. The number of nitrogens with two attached hydrogens (primary N) is 2. The van der Waals surface area contributed by atoms with Crippen LogP contribution in [0, 0.1) is 0 Å². The fraction of sp³-hybridized carbons (Fsp3) is 0.333. The third-order valence-corrected chi connectivity index (χ3v) is 3.27. The molecule has 0 aromatic heterocycles. The van der Waals surface area contributed by atoms with E-state index in [0.29, 0.717) is 12.3 Å². The van der Waals surface area contributed by atoms with Crippen LogP contribution in [0.4, 0.5) is 5.69 Å². The maximum atomic E-state index is 12.4. The summed E-state index contributed by atoms with van der Waals surface area (Å²) >= 11 is 5.99. The summed E-state index contributed by atoms with van der Waals surface area (Å²) in [5.41, 5.74) is 11.6. The van der Waals surface area contributed by atoms with Crippen molar-refractivity contribution in [2.24, 2.45) is 5.73 Å². The Hall–Kier alpha value is -1.79. The van der Waals surface area contributed by atoms with Gasteiger partial charge in [0, 0.05) is 12.2 Å². The van der Waals surface area contributed by atoms with E-state index in [9.17, 15) is 9.59 Å². The minimum absolute atomic E-state index is 0.0982. The first-order valence-electron chi connectivity index (χ1n) is 5.73. The van der Waals surface area contributed by atoms with Crippen LogP contribution in [0.1, 0.15) is 10.4 Å². The number of nitrogen functional groups attached to an aromatic ring is 1. The van der Waals surface area contributed by atoms with Gasteiger partial charge in [0.1, 0.15) is 6.04 Å². The van der Waals surface area contributed by atoms with Gasteiger partial charge in [0.05, 0.1) is 23.8 Å². The first-order valence-corrected chi connectivity index (χ1v) is 6.11. The highest BCUT2D eigenvalue weighted by molar-refractivity contribution is 6.34. The molecular formula is C12H14ClN3O3. The van der Waals surface area contributed by atoms with Crippen LogP contribution < -0.4 is 11.5 Å². The smallest absolute Gasteiger partial charge is 0.256 e. The largest absolute Gasteiger partial charge is 0.399 e. The molecule has 1 aromatic rings. The monoisotopic (exact) mass is 283 g/mol. The Balaban J connectivity index is 2.31. The van der Waals surface area contributed by atoms with E-state index in [0.717, 1.165) is 0 Å². The summed E-state index contributed by atoms with van der Waals surface area (Å²) in [7, 11) is 0. The lowest BCUT2D eigenvalue weighted by molar-refractivity contribution is -0.127. The highest BCUT2D eigenvalue weighted by atomic mass is 35.5. The van der Waals surface area contributed by atoms with E-state index in [4.69, 9.17) is 27.8 Å². The molecule has 1 heterocycles. The maximum absolute atomic E-state index is 12.4. The number of nitrogens with zero attached hydrogens (tertiary/aromatic N) is 1. The van der Waals surface area contributed by atoms with Crippen molar-refractivity contribution in [2.45, 2.75) is 6.04 Å². The van der Waals surface area contributed by atoms with Gasteiger partial charge in [0.2, 0.25) is 5.91 Å². The zero-order valence-corrected chi connectivity index (χ0v) is 10.9. The number of carbonyl (C=O) groups excluding carboxylic acids is 2. The third-order valence-electron chi connectivity index (χ3n) is 2.94. The van der Waals surface area contributed by atoms with Crippen LogP contribution in [0.25, 0.3) is 0 Å². The van der Waals surface area contributed by atoms with Crippen molar-refractivity contribution in [1.29, 1.82) is 0 Å². The van der Waals surface area contributed by atoms with Gasteiger partial charge in [-0.15, -0.1) is 0 Å². The zero-order valence-electron chi connectivity index (χ0n) is 10.1. The average molecular weight is 284 g/mol. The normalized spacial score (nSPS) is 19.2. The van der Waals surface area contributed by atoms with E-state index < -0.39 is 11.9 Å². The molecule has 2 amide bonds. The van der Waals surface area contributed by atoms with Crippen LogP contribution in [0.3, 0.4) is 0 Å². The summed E-state index contributed by atoms with van der Waals surface area (Å²) in [6.07, 6.45) is 0. The van der Waals surface area contributed by atoms with Gasteiger partial charge in [0.25, 0.3) is 5.91 Å². The molecule has 0 saturated carbocycles. The second-order valence-electron chi connectivity index (χ2n) is 4.23. The van der Waals surface area contributed by atoms with E-state index in [1.807, 2.05) is 0 Å². The Bertz CT molecular complexity index is 521. The molecule has 1 atom stereocenters. The van der Waals surface area contributed by atoms with Crippen LogP contribution in [0.15, 0.2) is 18.2 Å². The topological polar surface area (TPSA) is 98.7 Å². The summed E-state index contributed by atoms with van der Waals surface area (Å²) in [6.45, 7) is 0.744. The summed E-state index contributed by atoms with van der Waals surface area (Å²) in [6, 6.07) is 3.85. The molecule has 102 valence electrons. The van der Waals surface area contributed by atoms with Crippen molar-refractivity contribution in [2.75, 3.05) is 25.5 Å². The number of carbonyl (C=O) groups is 2. The molecule has 1 aliphatic heterocycles. The van der Waals surface area contributed by atoms with E-state index in [-0.39, 0.29) is 29.6 Å². The molecule has 0 bridgehead atoms. The van der Waals surface area contributed by atoms with Crippen molar-refractivity contribution in [3.63, 3.8) is 0 Å². The SMILES string of the molecule is NC(=O)C1COCCN1C(=O)c1cc(N)ccc1Cl. The van der Waals surface area contributed by atoms with Gasteiger partial charge < -0.3 is 21.1 Å². The average Bonchev–Trinajstić information content (AvgIpc) is 2.40. The Morgan fingerprint density at radius 3 is 2.84 bits per heavy atom. The zero-order chi connectivity index (χ0) is 14.0. The molecule has 1 aromatic carbocycles. The quantitative estimate of drug-likeness (QED) is 0.760. The molecule has 0 aliphatic carbocycles. The van der Waals surface area contributed by atoms with Gasteiger partial charge in [-0.2, -0.15) is 0 Å². The molecule has 1 unspecified atom stereocenters. The minimum Gasteiger partial charge on any atom is -0.399 e. The highest BCUT2D eigenvalue weighted by Gasteiger charge is 2.32. The molecule has 2 rings (SSSR count). The van der Waals surface area contributed by atoms with Gasteiger partial charge in [-0.25, -0.2) is 0 Å². The van der Waals surface area contributed by atoms with Crippen LogP contribution in [-0.4, -0.2) is 42.5 Å². The molecule has 7 heteroatoms. The number of primary amides is 1. The van der Waals surface area contributed by atoms with Crippen LogP contribution in [0.2, 0.25) is 5.02 Å². The fourth-order valence-electron chi connectivity index (χ4n) is 1.94. The number of amides is 2. The number of halogens is 1. The predicted molar refractivity (Wildman–Crippen MR) is 70.7 cm³/mol. The first-order chi connectivity index (χ1) is 9.00.